The predicted molar refractivity (Wildman–Crippen MR) is 81.7 cm³/mol. The van der Waals surface area contributed by atoms with Crippen molar-refractivity contribution in [3.63, 3.8) is 0 Å². The van der Waals surface area contributed by atoms with E-state index < -0.39 is 0 Å². The second-order valence-corrected chi connectivity index (χ2v) is 6.59. The number of aromatic nitrogens is 4. The molecule has 3 heterocycles. The first-order chi connectivity index (χ1) is 11.1. The van der Waals surface area contributed by atoms with Crippen LogP contribution in [0, 0.1) is 13.8 Å². The molecule has 2 fully saturated rings. The van der Waals surface area contributed by atoms with Gasteiger partial charge in [0.15, 0.2) is 5.82 Å². The highest BCUT2D eigenvalue weighted by atomic mass is 16.5. The Morgan fingerprint density at radius 1 is 1.35 bits per heavy atom. The maximum atomic E-state index is 12.7. The van der Waals surface area contributed by atoms with Crippen molar-refractivity contribution in [3.05, 3.63) is 29.2 Å². The highest BCUT2D eigenvalue weighted by molar-refractivity contribution is 5.76. The zero-order valence-corrected chi connectivity index (χ0v) is 13.5. The van der Waals surface area contributed by atoms with Gasteiger partial charge in [-0.2, -0.15) is 10.1 Å². The summed E-state index contributed by atoms with van der Waals surface area (Å²) in [6.07, 6.45) is 4.13. The first-order valence-electron chi connectivity index (χ1n) is 8.26. The third kappa shape index (κ3) is 2.75. The molecular formula is C16H21N5O2. The van der Waals surface area contributed by atoms with Crippen LogP contribution in [-0.4, -0.2) is 37.3 Å². The van der Waals surface area contributed by atoms with Crippen LogP contribution in [0.5, 0.6) is 0 Å². The Bertz CT molecular complexity index is 731. The van der Waals surface area contributed by atoms with E-state index in [1.807, 2.05) is 24.8 Å². The Morgan fingerprint density at radius 3 is 2.87 bits per heavy atom. The predicted octanol–water partition coefficient (Wildman–Crippen LogP) is 2.12. The first kappa shape index (κ1) is 14.4. The van der Waals surface area contributed by atoms with Crippen LogP contribution < -0.4 is 0 Å². The van der Waals surface area contributed by atoms with Gasteiger partial charge in [-0.15, -0.1) is 0 Å². The van der Waals surface area contributed by atoms with Gasteiger partial charge in [-0.3, -0.25) is 9.48 Å². The van der Waals surface area contributed by atoms with Crippen LogP contribution in [0.2, 0.25) is 0 Å². The average Bonchev–Trinajstić information content (AvgIpc) is 2.95. The van der Waals surface area contributed by atoms with E-state index in [2.05, 4.69) is 15.2 Å². The molecule has 4 rings (SSSR count). The molecule has 0 aromatic carbocycles. The molecule has 2 aliphatic rings. The maximum absolute atomic E-state index is 12.7. The van der Waals surface area contributed by atoms with Crippen LogP contribution in [0.25, 0.3) is 0 Å². The summed E-state index contributed by atoms with van der Waals surface area (Å²) in [7, 11) is 0. The number of nitrogens with zero attached hydrogens (tertiary/aromatic N) is 5. The Morgan fingerprint density at radius 2 is 2.17 bits per heavy atom. The molecular weight excluding hydrogens is 294 g/mol. The Kier molecular flexibility index (Phi) is 3.43. The summed E-state index contributed by atoms with van der Waals surface area (Å²) in [4.78, 5) is 19.1. The third-order valence-electron chi connectivity index (χ3n) is 4.64. The molecule has 0 N–H and O–H groups in total. The fraction of sp³-hybridized carbons (Fsp3) is 0.625. The summed E-state index contributed by atoms with van der Waals surface area (Å²) in [6, 6.07) is 1.92. The number of carbonyl (C=O) groups excluding carboxylic acids is 1. The van der Waals surface area contributed by atoms with E-state index in [1.165, 1.54) is 0 Å². The lowest BCUT2D eigenvalue weighted by Crippen LogP contribution is -2.34. The molecule has 0 spiro atoms. The summed E-state index contributed by atoms with van der Waals surface area (Å²) < 4.78 is 7.12. The maximum Gasteiger partial charge on any atom is 0.244 e. The molecule has 0 radical (unpaired) electrons. The van der Waals surface area contributed by atoms with Gasteiger partial charge in [0.2, 0.25) is 11.8 Å². The van der Waals surface area contributed by atoms with Gasteiger partial charge in [-0.25, -0.2) is 0 Å². The smallest absolute Gasteiger partial charge is 0.244 e. The monoisotopic (exact) mass is 315 g/mol. The van der Waals surface area contributed by atoms with Crippen molar-refractivity contribution in [1.29, 1.82) is 0 Å². The second kappa shape index (κ2) is 5.47. The fourth-order valence-corrected chi connectivity index (χ4v) is 3.27. The minimum Gasteiger partial charge on any atom is -0.339 e. The quantitative estimate of drug-likeness (QED) is 0.863. The molecule has 1 amide bonds. The molecule has 2 aromatic rings. The van der Waals surface area contributed by atoms with Crippen molar-refractivity contribution in [1.82, 2.24) is 24.8 Å². The van der Waals surface area contributed by atoms with E-state index in [4.69, 9.17) is 4.52 Å². The van der Waals surface area contributed by atoms with Crippen molar-refractivity contribution >= 4 is 5.91 Å². The van der Waals surface area contributed by atoms with Crippen molar-refractivity contribution in [2.24, 2.45) is 0 Å². The number of rotatable bonds is 4. The highest BCUT2D eigenvalue weighted by Crippen LogP contribution is 2.40. The first-order valence-corrected chi connectivity index (χ1v) is 8.26. The third-order valence-corrected chi connectivity index (χ3v) is 4.64. The standard InChI is InChI=1S/C16H21N5O2/c1-10-8-11(2)21(18-10)9-14(22)20-7-3-4-13(20)15-17-16(23-19-15)12-5-6-12/h8,12-13H,3-7,9H2,1-2H3/t13-/m1/s1. The molecule has 1 aliphatic carbocycles. The molecule has 1 saturated carbocycles. The van der Waals surface area contributed by atoms with Gasteiger partial charge >= 0.3 is 0 Å². The van der Waals surface area contributed by atoms with Gasteiger partial charge in [-0.05, 0) is 45.6 Å². The summed E-state index contributed by atoms with van der Waals surface area (Å²) >= 11 is 0. The van der Waals surface area contributed by atoms with E-state index >= 15 is 0 Å². The van der Waals surface area contributed by atoms with Crippen LogP contribution in [0.1, 0.15) is 60.7 Å². The fourth-order valence-electron chi connectivity index (χ4n) is 3.27. The van der Waals surface area contributed by atoms with Gasteiger partial charge < -0.3 is 9.42 Å². The van der Waals surface area contributed by atoms with Crippen molar-refractivity contribution in [2.45, 2.75) is 58.0 Å². The lowest BCUT2D eigenvalue weighted by molar-refractivity contribution is -0.133. The summed E-state index contributed by atoms with van der Waals surface area (Å²) in [5.74, 6) is 1.90. The average molecular weight is 315 g/mol. The SMILES string of the molecule is Cc1cc(C)n(CC(=O)N2CCC[C@@H]2c2noc(C3CC3)n2)n1. The van der Waals surface area contributed by atoms with Crippen LogP contribution in [0.4, 0.5) is 0 Å². The highest BCUT2D eigenvalue weighted by Gasteiger charge is 2.36. The summed E-state index contributed by atoms with van der Waals surface area (Å²) in [5.41, 5.74) is 1.93. The molecule has 7 heteroatoms. The normalized spacial score (nSPS) is 21.1. The summed E-state index contributed by atoms with van der Waals surface area (Å²) in [6.45, 7) is 4.92. The molecule has 1 aliphatic heterocycles. The summed E-state index contributed by atoms with van der Waals surface area (Å²) in [5, 5.41) is 8.49. The van der Waals surface area contributed by atoms with Crippen LogP contribution in [0.15, 0.2) is 10.6 Å². The van der Waals surface area contributed by atoms with E-state index in [-0.39, 0.29) is 18.5 Å². The molecule has 1 saturated heterocycles. The van der Waals surface area contributed by atoms with Crippen molar-refractivity contribution in [2.75, 3.05) is 6.54 Å². The van der Waals surface area contributed by atoms with Gasteiger partial charge in [0.05, 0.1) is 11.7 Å². The van der Waals surface area contributed by atoms with Crippen molar-refractivity contribution < 1.29 is 9.32 Å². The molecule has 2 aromatic heterocycles. The van der Waals surface area contributed by atoms with Crippen LogP contribution >= 0.6 is 0 Å². The van der Waals surface area contributed by atoms with Gasteiger partial charge in [0.25, 0.3) is 0 Å². The lowest BCUT2D eigenvalue weighted by atomic mass is 10.2. The van der Waals surface area contributed by atoms with Gasteiger partial charge in [0, 0.05) is 18.2 Å². The number of hydrogen-bond donors (Lipinski definition) is 0. The molecule has 23 heavy (non-hydrogen) atoms. The minimum absolute atomic E-state index is 0.0595. The minimum atomic E-state index is -0.0595. The van der Waals surface area contributed by atoms with Crippen LogP contribution in [-0.2, 0) is 11.3 Å². The molecule has 0 unspecified atom stereocenters. The van der Waals surface area contributed by atoms with E-state index in [1.54, 1.807) is 4.68 Å². The number of amides is 1. The number of carbonyl (C=O) groups is 1. The molecule has 7 nitrogen and oxygen atoms in total. The lowest BCUT2D eigenvalue weighted by Gasteiger charge is -2.22. The Labute approximate surface area is 134 Å². The van der Waals surface area contributed by atoms with E-state index in [0.717, 1.165) is 49.5 Å². The molecule has 122 valence electrons. The van der Waals surface area contributed by atoms with E-state index in [0.29, 0.717) is 11.7 Å². The molecule has 1 atom stereocenters. The Balaban J connectivity index is 1.49. The van der Waals surface area contributed by atoms with E-state index in [9.17, 15) is 4.79 Å². The second-order valence-electron chi connectivity index (χ2n) is 6.59. The number of hydrogen-bond acceptors (Lipinski definition) is 5. The topological polar surface area (TPSA) is 77.0 Å². The zero-order chi connectivity index (χ0) is 16.0. The Hall–Kier alpha value is -2.18. The zero-order valence-electron chi connectivity index (χ0n) is 13.5. The van der Waals surface area contributed by atoms with Gasteiger partial charge in [0.1, 0.15) is 6.54 Å². The largest absolute Gasteiger partial charge is 0.339 e. The molecule has 0 bridgehead atoms. The van der Waals surface area contributed by atoms with Gasteiger partial charge in [-0.1, -0.05) is 5.16 Å². The van der Waals surface area contributed by atoms with Crippen LogP contribution in [0.3, 0.4) is 0 Å². The number of aryl methyl sites for hydroxylation is 2. The number of likely N-dealkylation sites (tertiary alicyclic amines) is 1. The van der Waals surface area contributed by atoms with Crippen molar-refractivity contribution in [3.8, 4) is 0 Å².